The number of amides is 1. The Bertz CT molecular complexity index is 430. The fourth-order valence-electron chi connectivity index (χ4n) is 2.68. The summed E-state index contributed by atoms with van der Waals surface area (Å²) in [6.07, 6.45) is 3.47. The Morgan fingerprint density at radius 2 is 2.06 bits per heavy atom. The molecule has 0 spiro atoms. The summed E-state index contributed by atoms with van der Waals surface area (Å²) >= 11 is 0. The Morgan fingerprint density at radius 3 is 2.72 bits per heavy atom. The van der Waals surface area contributed by atoms with Crippen LogP contribution < -0.4 is 0 Å². The van der Waals surface area contributed by atoms with Crippen LogP contribution in [0.15, 0.2) is 24.3 Å². The van der Waals surface area contributed by atoms with Gasteiger partial charge in [-0.15, -0.1) is 0 Å². The first-order valence-corrected chi connectivity index (χ1v) is 6.61. The van der Waals surface area contributed by atoms with Gasteiger partial charge < -0.3 is 10.0 Å². The van der Waals surface area contributed by atoms with Crippen LogP contribution >= 0.6 is 0 Å². The number of hydrogen-bond donors (Lipinski definition) is 1. The predicted octanol–water partition coefficient (Wildman–Crippen LogP) is 2.37. The first-order chi connectivity index (χ1) is 8.59. The third-order valence-corrected chi connectivity index (χ3v) is 3.78. The van der Waals surface area contributed by atoms with E-state index in [0.29, 0.717) is 5.56 Å². The lowest BCUT2D eigenvalue weighted by atomic mass is 9.91. The van der Waals surface area contributed by atoms with Crippen molar-refractivity contribution in [3.63, 3.8) is 0 Å². The molecule has 3 nitrogen and oxygen atoms in total. The fourth-order valence-corrected chi connectivity index (χ4v) is 2.68. The van der Waals surface area contributed by atoms with Gasteiger partial charge >= 0.3 is 0 Å². The second kappa shape index (κ2) is 5.53. The number of nitrogens with zero attached hydrogens (tertiary/aromatic N) is 1. The lowest BCUT2D eigenvalue weighted by Gasteiger charge is -2.35. The molecule has 1 N–H and O–H groups in total. The molecule has 0 radical (unpaired) electrons. The monoisotopic (exact) mass is 247 g/mol. The Hall–Kier alpha value is -1.35. The van der Waals surface area contributed by atoms with Crippen molar-refractivity contribution in [3.05, 3.63) is 35.4 Å². The Balaban J connectivity index is 2.13. The maximum atomic E-state index is 12.4. The standard InChI is InChI=1S/C15H21NO2/c1-11-6-5-7-12(10-11)15(18)16(2)13-8-3-4-9-14(13)17/h5-7,10,13-14,17H,3-4,8-9H2,1-2H3. The zero-order chi connectivity index (χ0) is 13.1. The molecule has 98 valence electrons. The maximum Gasteiger partial charge on any atom is 0.253 e. The van der Waals surface area contributed by atoms with E-state index in [4.69, 9.17) is 0 Å². The first-order valence-electron chi connectivity index (χ1n) is 6.61. The van der Waals surface area contributed by atoms with E-state index in [1.165, 1.54) is 0 Å². The molecule has 1 aliphatic rings. The molecule has 2 atom stereocenters. The average Bonchev–Trinajstić information content (AvgIpc) is 2.37. The third kappa shape index (κ3) is 2.72. The Labute approximate surface area is 108 Å². The molecular weight excluding hydrogens is 226 g/mol. The van der Waals surface area contributed by atoms with Gasteiger partial charge in [-0.25, -0.2) is 0 Å². The molecular formula is C15H21NO2. The van der Waals surface area contributed by atoms with Gasteiger partial charge in [-0.2, -0.15) is 0 Å². The van der Waals surface area contributed by atoms with Crippen LogP contribution in [0, 0.1) is 6.92 Å². The van der Waals surface area contributed by atoms with Crippen LogP contribution in [-0.4, -0.2) is 35.1 Å². The van der Waals surface area contributed by atoms with Crippen LogP contribution in [0.5, 0.6) is 0 Å². The zero-order valence-corrected chi connectivity index (χ0v) is 11.1. The second-order valence-corrected chi connectivity index (χ2v) is 5.20. The summed E-state index contributed by atoms with van der Waals surface area (Å²) < 4.78 is 0. The molecule has 18 heavy (non-hydrogen) atoms. The predicted molar refractivity (Wildman–Crippen MR) is 71.5 cm³/mol. The summed E-state index contributed by atoms with van der Waals surface area (Å²) in [5.41, 5.74) is 1.79. The molecule has 0 aliphatic heterocycles. The van der Waals surface area contributed by atoms with E-state index in [0.717, 1.165) is 31.2 Å². The van der Waals surface area contributed by atoms with Crippen LogP contribution in [-0.2, 0) is 0 Å². The summed E-state index contributed by atoms with van der Waals surface area (Å²) in [5.74, 6) is 0.00431. The van der Waals surface area contributed by atoms with Crippen LogP contribution in [0.25, 0.3) is 0 Å². The molecule has 1 aromatic carbocycles. The largest absolute Gasteiger partial charge is 0.391 e. The number of rotatable bonds is 2. The molecule has 3 heteroatoms. The number of aliphatic hydroxyl groups excluding tert-OH is 1. The quantitative estimate of drug-likeness (QED) is 0.871. The lowest BCUT2D eigenvalue weighted by Crippen LogP contribution is -2.46. The Kier molecular flexibility index (Phi) is 4.02. The molecule has 1 aromatic rings. The van der Waals surface area contributed by atoms with E-state index in [1.54, 1.807) is 11.9 Å². The van der Waals surface area contributed by atoms with Gasteiger partial charge in [0.1, 0.15) is 0 Å². The summed E-state index contributed by atoms with van der Waals surface area (Å²) in [4.78, 5) is 14.1. The number of aliphatic hydroxyl groups is 1. The van der Waals surface area contributed by atoms with E-state index in [2.05, 4.69) is 0 Å². The topological polar surface area (TPSA) is 40.5 Å². The van der Waals surface area contributed by atoms with Gasteiger partial charge in [-0.05, 0) is 31.9 Å². The molecule has 2 rings (SSSR count). The van der Waals surface area contributed by atoms with Gasteiger partial charge in [0.25, 0.3) is 5.91 Å². The minimum atomic E-state index is -0.377. The van der Waals surface area contributed by atoms with E-state index in [-0.39, 0.29) is 18.1 Å². The van der Waals surface area contributed by atoms with Gasteiger partial charge in [0.05, 0.1) is 12.1 Å². The van der Waals surface area contributed by atoms with Crippen molar-refractivity contribution in [1.29, 1.82) is 0 Å². The zero-order valence-electron chi connectivity index (χ0n) is 11.1. The van der Waals surface area contributed by atoms with Crippen molar-refractivity contribution in [2.24, 2.45) is 0 Å². The highest BCUT2D eigenvalue weighted by Gasteiger charge is 2.29. The number of hydrogen-bond acceptors (Lipinski definition) is 2. The molecule has 0 heterocycles. The highest BCUT2D eigenvalue weighted by molar-refractivity contribution is 5.94. The van der Waals surface area contributed by atoms with Gasteiger partial charge in [0.15, 0.2) is 0 Å². The minimum absolute atomic E-state index is 0.00431. The van der Waals surface area contributed by atoms with E-state index in [9.17, 15) is 9.90 Å². The maximum absolute atomic E-state index is 12.4. The number of carbonyl (C=O) groups is 1. The molecule has 1 saturated carbocycles. The summed E-state index contributed by atoms with van der Waals surface area (Å²) in [7, 11) is 1.80. The van der Waals surface area contributed by atoms with E-state index in [1.807, 2.05) is 31.2 Å². The van der Waals surface area contributed by atoms with Crippen LogP contribution in [0.4, 0.5) is 0 Å². The van der Waals surface area contributed by atoms with Gasteiger partial charge in [0.2, 0.25) is 0 Å². The van der Waals surface area contributed by atoms with Crippen molar-refractivity contribution in [3.8, 4) is 0 Å². The van der Waals surface area contributed by atoms with Crippen molar-refractivity contribution >= 4 is 5.91 Å². The van der Waals surface area contributed by atoms with Crippen molar-refractivity contribution in [2.75, 3.05) is 7.05 Å². The van der Waals surface area contributed by atoms with E-state index >= 15 is 0 Å². The SMILES string of the molecule is Cc1cccc(C(=O)N(C)C2CCCCC2O)c1. The normalized spacial score (nSPS) is 23.7. The number of likely N-dealkylation sites (N-methyl/N-ethyl adjacent to an activating group) is 1. The summed E-state index contributed by atoms with van der Waals surface area (Å²) in [6, 6.07) is 7.57. The minimum Gasteiger partial charge on any atom is -0.391 e. The second-order valence-electron chi connectivity index (χ2n) is 5.20. The van der Waals surface area contributed by atoms with Crippen LogP contribution in [0.2, 0.25) is 0 Å². The highest BCUT2D eigenvalue weighted by atomic mass is 16.3. The number of aryl methyl sites for hydroxylation is 1. The van der Waals surface area contributed by atoms with Crippen LogP contribution in [0.1, 0.15) is 41.6 Å². The lowest BCUT2D eigenvalue weighted by molar-refractivity contribution is 0.0268. The molecule has 1 aliphatic carbocycles. The highest BCUT2D eigenvalue weighted by Crippen LogP contribution is 2.23. The van der Waals surface area contributed by atoms with Crippen molar-refractivity contribution in [2.45, 2.75) is 44.8 Å². The van der Waals surface area contributed by atoms with Crippen molar-refractivity contribution in [1.82, 2.24) is 4.90 Å². The first kappa shape index (κ1) is 13.1. The molecule has 1 fully saturated rings. The van der Waals surface area contributed by atoms with Gasteiger partial charge in [-0.1, -0.05) is 30.5 Å². The fraction of sp³-hybridized carbons (Fsp3) is 0.533. The summed E-state index contributed by atoms with van der Waals surface area (Å²) in [6.45, 7) is 1.98. The molecule has 0 bridgehead atoms. The molecule has 0 saturated heterocycles. The number of carbonyl (C=O) groups excluding carboxylic acids is 1. The average molecular weight is 247 g/mol. The van der Waals surface area contributed by atoms with Gasteiger partial charge in [-0.3, -0.25) is 4.79 Å². The smallest absolute Gasteiger partial charge is 0.253 e. The third-order valence-electron chi connectivity index (χ3n) is 3.78. The molecule has 2 unspecified atom stereocenters. The molecule has 0 aromatic heterocycles. The van der Waals surface area contributed by atoms with Crippen molar-refractivity contribution < 1.29 is 9.90 Å². The number of benzene rings is 1. The van der Waals surface area contributed by atoms with Crippen LogP contribution in [0.3, 0.4) is 0 Å². The van der Waals surface area contributed by atoms with Gasteiger partial charge in [0, 0.05) is 12.6 Å². The summed E-state index contributed by atoms with van der Waals surface area (Å²) in [5, 5.41) is 10.00. The Morgan fingerprint density at radius 1 is 1.33 bits per heavy atom. The van der Waals surface area contributed by atoms with E-state index < -0.39 is 0 Å². The molecule has 1 amide bonds.